The van der Waals surface area contributed by atoms with Crippen molar-refractivity contribution in [3.63, 3.8) is 0 Å². The van der Waals surface area contributed by atoms with Crippen molar-refractivity contribution in [1.82, 2.24) is 5.11 Å². The third-order valence-corrected chi connectivity index (χ3v) is 18.5. The van der Waals surface area contributed by atoms with Crippen LogP contribution in [0.2, 0.25) is 0 Å². The molecule has 1 aliphatic carbocycles. The molecule has 8 nitrogen and oxygen atoms in total. The zero-order chi connectivity index (χ0) is 31.8. The smallest absolute Gasteiger partial charge is 0.186 e. The van der Waals surface area contributed by atoms with Crippen molar-refractivity contribution >= 4 is 82.3 Å². The molecule has 10 heteroatoms. The number of rotatable bonds is 4. The third kappa shape index (κ3) is 4.33. The van der Waals surface area contributed by atoms with E-state index in [0.717, 1.165) is 92.0 Å². The van der Waals surface area contributed by atoms with Crippen LogP contribution in [0, 0.1) is 37.5 Å². The second kappa shape index (κ2) is 11.4. The van der Waals surface area contributed by atoms with E-state index in [0.29, 0.717) is 6.42 Å². The molecule has 0 aromatic carbocycles. The van der Waals surface area contributed by atoms with Crippen molar-refractivity contribution in [2.75, 3.05) is 0 Å². The van der Waals surface area contributed by atoms with E-state index in [1.54, 1.807) is 6.92 Å². The molecule has 6 heterocycles. The third-order valence-electron chi connectivity index (χ3n) is 10.3. The summed E-state index contributed by atoms with van der Waals surface area (Å²) in [7, 11) is 7.86. The fourth-order valence-electron chi connectivity index (χ4n) is 8.17. The Hall–Kier alpha value is -3.00. The summed E-state index contributed by atoms with van der Waals surface area (Å²) in [5, 5.41) is 2.00. The molecule has 0 unspecified atom stereocenters. The Kier molecular flexibility index (Phi) is 8.04. The number of fused-ring (bicyclic) bond motifs is 3. The summed E-state index contributed by atoms with van der Waals surface area (Å²) in [6.07, 6.45) is 10.2. The minimum absolute atomic E-state index is 0.0346. The first kappa shape index (κ1) is 31.0. The predicted octanol–water partition coefficient (Wildman–Crippen LogP) is 5.00. The Labute approximate surface area is 268 Å². The van der Waals surface area contributed by atoms with Crippen LogP contribution >= 0.6 is 8.58 Å². The largest absolute Gasteiger partial charge is 0.373 e. The molecular weight excluding hydrogens is 679 g/mol. The zero-order valence-corrected chi connectivity index (χ0v) is 30.3. The maximum Gasteiger partial charge on any atom is 0.373 e. The van der Waals surface area contributed by atoms with Gasteiger partial charge in [0, 0.05) is 0 Å². The Morgan fingerprint density at radius 2 is 1.64 bits per heavy atom. The number of carbonyl (C=O) groups is 2. The molecule has 4 atom stereocenters. The van der Waals surface area contributed by atoms with Crippen LogP contribution in [0.25, 0.3) is 23.8 Å². The van der Waals surface area contributed by atoms with Crippen molar-refractivity contribution in [3.8, 4) is 0 Å². The van der Waals surface area contributed by atoms with Gasteiger partial charge in [-0.1, -0.05) is 0 Å². The second-order valence-electron chi connectivity index (χ2n) is 12.6. The van der Waals surface area contributed by atoms with Gasteiger partial charge in [-0.15, -0.1) is 0 Å². The van der Waals surface area contributed by atoms with E-state index in [1.165, 1.54) is 0 Å². The van der Waals surface area contributed by atoms with Crippen LogP contribution in [0.4, 0.5) is 0 Å². The molecule has 0 radical (unpaired) electrons. The molecule has 5 aliphatic rings. The summed E-state index contributed by atoms with van der Waals surface area (Å²) in [6, 6.07) is 0. The molecule has 226 valence electrons. The monoisotopic (exact) mass is 714 g/mol. The second-order valence-corrected chi connectivity index (χ2v) is 19.9. The zero-order valence-electron chi connectivity index (χ0n) is 26.2. The first-order valence-corrected chi connectivity index (χ1v) is 22.6. The summed E-state index contributed by atoms with van der Waals surface area (Å²) in [5.74, 6) is 1.13. The summed E-state index contributed by atoms with van der Waals surface area (Å²) in [6.45, 7) is 14.7. The summed E-state index contributed by atoms with van der Waals surface area (Å²) >= 11 is -3.57. The van der Waals surface area contributed by atoms with E-state index in [4.69, 9.17) is 28.2 Å². The standard InChI is InChI=1S/C33H37N4O2.CO2.ClH.In/c1-8-10-21-16(4)24-12-25-17(5)30(19(7)38)28(35-25)14-23-15(3)20(9-2)27(34-23)13-26-18(6)31-29(39)11-22(32(21)36-24)33(31)37-26;2-1-3;;/h12-16,20-21H,8-11H2,1-7H3,(H-,34,35,36,37,38,39);;1H;/q-1;;;+3/p-2/t15-,16+,20-,21+;;;/m1.../s1. The predicted molar refractivity (Wildman–Crippen MR) is 173 cm³/mol. The average molecular weight is 715 g/mol. The number of hydrogen-bond acceptors (Lipinski definition) is 6. The van der Waals surface area contributed by atoms with Gasteiger partial charge >= 0.3 is 261 Å². The Bertz CT molecular complexity index is 1950. The summed E-state index contributed by atoms with van der Waals surface area (Å²) in [5.41, 5.74) is 10.5. The molecular formula is C34H36ClInN4O4. The number of nitrogens with zero attached hydrogens (tertiary/aromatic N) is 4. The first-order valence-electron chi connectivity index (χ1n) is 15.5. The summed E-state index contributed by atoms with van der Waals surface area (Å²) in [4.78, 5) is 53.9. The molecule has 0 saturated heterocycles. The molecule has 2 aromatic heterocycles. The van der Waals surface area contributed by atoms with Gasteiger partial charge in [-0.05, 0) is 0 Å². The Balaban J connectivity index is 0.00000110. The molecule has 0 N–H and O–H groups in total. The Morgan fingerprint density at radius 1 is 1.00 bits per heavy atom. The fraction of sp³-hybridized carbons (Fsp3) is 0.441. The number of carbonyl (C=O) groups excluding carboxylic acids is 4. The van der Waals surface area contributed by atoms with Crippen molar-refractivity contribution < 1.29 is 19.2 Å². The molecule has 6 bridgehead atoms. The van der Waals surface area contributed by atoms with E-state index in [2.05, 4.69) is 64.9 Å². The van der Waals surface area contributed by atoms with Crippen LogP contribution in [0.3, 0.4) is 0 Å². The number of halogens is 1. The minimum atomic E-state index is -3.57. The topological polar surface area (TPSA) is 103 Å². The molecule has 0 saturated carbocycles. The van der Waals surface area contributed by atoms with Crippen molar-refractivity contribution in [2.45, 2.75) is 74.1 Å². The number of aliphatic imine (C=N–C) groups is 2. The maximum absolute atomic E-state index is 13.8. The summed E-state index contributed by atoms with van der Waals surface area (Å²) < 4.78 is 4.66. The number of Topliss-reactive ketones (excluding diaryl/α,β-unsaturated/α-hetero) is 2. The van der Waals surface area contributed by atoms with E-state index >= 15 is 0 Å². The van der Waals surface area contributed by atoms with Gasteiger partial charge in [-0.2, -0.15) is 9.59 Å². The SMILES string of the molecule is CCC[C@@H]1C2=NC(=Cc3c(C)c(C(C)=O)c4[n]3[In]([Cl])[n]3c(c(C)c5c3=C2CC5=O)=CC2=NC(=C4)[C@H](C)[C@H]2CC)[C@H]1C.O=C=O. The van der Waals surface area contributed by atoms with Gasteiger partial charge in [-0.25, -0.2) is 0 Å². The van der Waals surface area contributed by atoms with Crippen molar-refractivity contribution in [3.05, 3.63) is 55.7 Å². The molecule has 0 fully saturated rings. The van der Waals surface area contributed by atoms with Crippen LogP contribution < -0.4 is 10.7 Å². The first-order chi connectivity index (χ1) is 21.0. The maximum atomic E-state index is 13.8. The Morgan fingerprint density at radius 3 is 2.27 bits per heavy atom. The quantitative estimate of drug-likeness (QED) is 0.417. The van der Waals surface area contributed by atoms with Crippen LogP contribution in [0.1, 0.15) is 104 Å². The van der Waals surface area contributed by atoms with Crippen molar-refractivity contribution in [2.24, 2.45) is 33.7 Å². The normalized spacial score (nSPS) is 24.0. The van der Waals surface area contributed by atoms with Gasteiger partial charge in [0.2, 0.25) is 0 Å². The van der Waals surface area contributed by atoms with Gasteiger partial charge < -0.3 is 0 Å². The fourth-order valence-corrected chi connectivity index (χ4v) is 17.1. The van der Waals surface area contributed by atoms with Crippen LogP contribution in [0.15, 0.2) is 21.4 Å². The van der Waals surface area contributed by atoms with Crippen LogP contribution in [0.5, 0.6) is 0 Å². The van der Waals surface area contributed by atoms with E-state index < -0.39 is 20.8 Å². The molecule has 0 spiro atoms. The average Bonchev–Trinajstić information content (AvgIpc) is 3.70. The number of hydrogen-bond donors (Lipinski definition) is 0. The van der Waals surface area contributed by atoms with Gasteiger partial charge in [0.15, 0.2) is 0 Å². The molecule has 2 aromatic rings. The number of aromatic nitrogens is 2. The molecule has 44 heavy (non-hydrogen) atoms. The van der Waals surface area contributed by atoms with Crippen LogP contribution in [-0.4, -0.2) is 55.1 Å². The van der Waals surface area contributed by atoms with E-state index in [9.17, 15) is 9.59 Å². The van der Waals surface area contributed by atoms with Crippen molar-refractivity contribution in [1.29, 1.82) is 0 Å². The van der Waals surface area contributed by atoms with Gasteiger partial charge in [0.25, 0.3) is 0 Å². The number of ketones is 2. The van der Waals surface area contributed by atoms with Gasteiger partial charge in [0.05, 0.1) is 0 Å². The molecule has 7 rings (SSSR count). The van der Waals surface area contributed by atoms with Gasteiger partial charge in [0.1, 0.15) is 0 Å². The van der Waals surface area contributed by atoms with Gasteiger partial charge in [-0.3, -0.25) is 0 Å². The van der Waals surface area contributed by atoms with E-state index in [1.807, 2.05) is 0 Å². The van der Waals surface area contributed by atoms with E-state index in [-0.39, 0.29) is 41.4 Å². The molecule has 0 amide bonds. The molecule has 4 aliphatic heterocycles. The minimum Gasteiger partial charge on any atom is -0.186 e. The van der Waals surface area contributed by atoms with Crippen LogP contribution in [-0.2, 0) is 9.59 Å². The number of allylic oxidation sites excluding steroid dienone is 2.